The van der Waals surface area contributed by atoms with Gasteiger partial charge >= 0.3 is 0 Å². The third kappa shape index (κ3) is 4.40. The Morgan fingerprint density at radius 3 is 2.38 bits per heavy atom. The van der Waals surface area contributed by atoms with Crippen LogP contribution in [0.2, 0.25) is 0 Å². The molecule has 2 nitrogen and oxygen atoms in total. The Hall–Kier alpha value is -1.67. The molecule has 0 saturated heterocycles. The molecule has 21 heavy (non-hydrogen) atoms. The molecule has 0 aliphatic carbocycles. The fourth-order valence-corrected chi connectivity index (χ4v) is 2.63. The number of nitrogens with one attached hydrogen (secondary N) is 1. The van der Waals surface area contributed by atoms with Gasteiger partial charge in [0.05, 0.1) is 0 Å². The predicted octanol–water partition coefficient (Wildman–Crippen LogP) is 4.24. The minimum Gasteiger partial charge on any atom is -0.310 e. The SMILES string of the molecule is CCCNC(Cc1ccc(CC)cc1)c1ccncc1C. The molecule has 0 aliphatic heterocycles. The van der Waals surface area contributed by atoms with Crippen molar-refractivity contribution < 1.29 is 0 Å². The van der Waals surface area contributed by atoms with E-state index in [2.05, 4.69) is 61.4 Å². The number of aryl methyl sites for hydroxylation is 2. The van der Waals surface area contributed by atoms with E-state index < -0.39 is 0 Å². The largest absolute Gasteiger partial charge is 0.310 e. The summed E-state index contributed by atoms with van der Waals surface area (Å²) in [7, 11) is 0. The highest BCUT2D eigenvalue weighted by Gasteiger charge is 2.13. The van der Waals surface area contributed by atoms with E-state index in [1.807, 2.05) is 12.4 Å². The molecule has 0 bridgehead atoms. The number of nitrogens with zero attached hydrogens (tertiary/aromatic N) is 1. The van der Waals surface area contributed by atoms with Crippen molar-refractivity contribution in [2.24, 2.45) is 0 Å². The molecular formula is C19H26N2. The first-order valence-electron chi connectivity index (χ1n) is 7.96. The zero-order valence-electron chi connectivity index (χ0n) is 13.4. The first kappa shape index (κ1) is 15.7. The van der Waals surface area contributed by atoms with Crippen LogP contribution < -0.4 is 5.32 Å². The van der Waals surface area contributed by atoms with Gasteiger partial charge in [-0.15, -0.1) is 0 Å². The maximum atomic E-state index is 4.21. The van der Waals surface area contributed by atoms with Crippen molar-refractivity contribution in [3.8, 4) is 0 Å². The van der Waals surface area contributed by atoms with Gasteiger partial charge in [-0.2, -0.15) is 0 Å². The summed E-state index contributed by atoms with van der Waals surface area (Å²) in [5.74, 6) is 0. The molecule has 0 aliphatic rings. The van der Waals surface area contributed by atoms with E-state index in [0.717, 1.165) is 25.8 Å². The molecular weight excluding hydrogens is 256 g/mol. The van der Waals surface area contributed by atoms with Crippen LogP contribution in [0.25, 0.3) is 0 Å². The van der Waals surface area contributed by atoms with Gasteiger partial charge in [0.25, 0.3) is 0 Å². The quantitative estimate of drug-likeness (QED) is 0.821. The molecule has 1 heterocycles. The molecule has 112 valence electrons. The Morgan fingerprint density at radius 2 is 1.76 bits per heavy atom. The molecule has 2 aromatic rings. The van der Waals surface area contributed by atoms with Crippen molar-refractivity contribution in [3.63, 3.8) is 0 Å². The number of hydrogen-bond acceptors (Lipinski definition) is 2. The zero-order valence-corrected chi connectivity index (χ0v) is 13.4. The van der Waals surface area contributed by atoms with Gasteiger partial charge in [0, 0.05) is 18.4 Å². The highest BCUT2D eigenvalue weighted by molar-refractivity contribution is 5.29. The highest BCUT2D eigenvalue weighted by Crippen LogP contribution is 2.21. The van der Waals surface area contributed by atoms with Crippen molar-refractivity contribution in [2.45, 2.75) is 46.1 Å². The van der Waals surface area contributed by atoms with Crippen LogP contribution in [-0.2, 0) is 12.8 Å². The van der Waals surface area contributed by atoms with Gasteiger partial charge < -0.3 is 5.32 Å². The molecule has 1 aromatic heterocycles. The molecule has 0 radical (unpaired) electrons. The molecule has 0 saturated carbocycles. The van der Waals surface area contributed by atoms with Gasteiger partial charge in [-0.1, -0.05) is 38.1 Å². The molecule has 2 rings (SSSR count). The standard InChI is InChI=1S/C19H26N2/c1-4-11-21-19(18-10-12-20-14-15(18)3)13-17-8-6-16(5-2)7-9-17/h6-10,12,14,19,21H,4-5,11,13H2,1-3H3. The van der Waals surface area contributed by atoms with E-state index in [4.69, 9.17) is 0 Å². The van der Waals surface area contributed by atoms with Crippen molar-refractivity contribution in [1.29, 1.82) is 0 Å². The fraction of sp³-hybridized carbons (Fsp3) is 0.421. The Balaban J connectivity index is 2.17. The average molecular weight is 282 g/mol. The summed E-state index contributed by atoms with van der Waals surface area (Å²) in [6.45, 7) is 7.59. The summed E-state index contributed by atoms with van der Waals surface area (Å²) < 4.78 is 0. The summed E-state index contributed by atoms with van der Waals surface area (Å²) in [5.41, 5.74) is 5.41. The minimum absolute atomic E-state index is 0.362. The predicted molar refractivity (Wildman–Crippen MR) is 89.5 cm³/mol. The lowest BCUT2D eigenvalue weighted by Crippen LogP contribution is -2.24. The number of pyridine rings is 1. The summed E-state index contributed by atoms with van der Waals surface area (Å²) in [5, 5.41) is 3.68. The lowest BCUT2D eigenvalue weighted by molar-refractivity contribution is 0.526. The van der Waals surface area contributed by atoms with Crippen LogP contribution in [0.5, 0.6) is 0 Å². The van der Waals surface area contributed by atoms with Crippen LogP contribution in [0.3, 0.4) is 0 Å². The Bertz CT molecular complexity index is 546. The van der Waals surface area contributed by atoms with Gasteiger partial charge in [-0.05, 0) is 61.1 Å². The zero-order chi connectivity index (χ0) is 15.1. The first-order chi connectivity index (χ1) is 10.2. The lowest BCUT2D eigenvalue weighted by atomic mass is 9.96. The van der Waals surface area contributed by atoms with Crippen molar-refractivity contribution in [1.82, 2.24) is 10.3 Å². The molecule has 0 spiro atoms. The van der Waals surface area contributed by atoms with Crippen LogP contribution in [-0.4, -0.2) is 11.5 Å². The molecule has 1 unspecified atom stereocenters. The third-order valence-electron chi connectivity index (χ3n) is 3.95. The van der Waals surface area contributed by atoms with Crippen LogP contribution in [0.15, 0.2) is 42.7 Å². The molecule has 2 heteroatoms. The number of aromatic nitrogens is 1. The van der Waals surface area contributed by atoms with E-state index >= 15 is 0 Å². The van der Waals surface area contributed by atoms with Gasteiger partial charge in [0.15, 0.2) is 0 Å². The Morgan fingerprint density at radius 1 is 1.05 bits per heavy atom. The minimum atomic E-state index is 0.362. The van der Waals surface area contributed by atoms with Gasteiger partial charge in [0.2, 0.25) is 0 Å². The highest BCUT2D eigenvalue weighted by atomic mass is 14.9. The van der Waals surface area contributed by atoms with E-state index in [1.54, 1.807) is 0 Å². The Labute approximate surface area is 128 Å². The monoisotopic (exact) mass is 282 g/mol. The van der Waals surface area contributed by atoms with Gasteiger partial charge in [0.1, 0.15) is 0 Å². The molecule has 1 aromatic carbocycles. The first-order valence-corrected chi connectivity index (χ1v) is 7.96. The van der Waals surface area contributed by atoms with Crippen LogP contribution in [0.4, 0.5) is 0 Å². The van der Waals surface area contributed by atoms with Crippen LogP contribution in [0, 0.1) is 6.92 Å². The van der Waals surface area contributed by atoms with Crippen molar-refractivity contribution >= 4 is 0 Å². The molecule has 1 N–H and O–H groups in total. The van der Waals surface area contributed by atoms with E-state index in [-0.39, 0.29) is 0 Å². The van der Waals surface area contributed by atoms with Gasteiger partial charge in [-0.3, -0.25) is 4.98 Å². The number of benzene rings is 1. The second kappa shape index (κ2) is 7.94. The van der Waals surface area contributed by atoms with Crippen LogP contribution in [0.1, 0.15) is 48.6 Å². The Kier molecular flexibility index (Phi) is 5.94. The summed E-state index contributed by atoms with van der Waals surface area (Å²) >= 11 is 0. The van der Waals surface area contributed by atoms with Crippen LogP contribution >= 0.6 is 0 Å². The summed E-state index contributed by atoms with van der Waals surface area (Å²) in [6.07, 6.45) is 7.12. The van der Waals surface area contributed by atoms with E-state index in [0.29, 0.717) is 6.04 Å². The molecule has 0 amide bonds. The molecule has 0 fully saturated rings. The second-order valence-corrected chi connectivity index (χ2v) is 5.61. The average Bonchev–Trinajstić information content (AvgIpc) is 2.53. The normalized spacial score (nSPS) is 12.3. The smallest absolute Gasteiger partial charge is 0.0364 e. The van der Waals surface area contributed by atoms with Crippen molar-refractivity contribution in [2.75, 3.05) is 6.54 Å². The topological polar surface area (TPSA) is 24.9 Å². The van der Waals surface area contributed by atoms with E-state index in [1.165, 1.54) is 22.3 Å². The van der Waals surface area contributed by atoms with E-state index in [9.17, 15) is 0 Å². The number of hydrogen-bond donors (Lipinski definition) is 1. The summed E-state index contributed by atoms with van der Waals surface area (Å²) in [4.78, 5) is 4.21. The lowest BCUT2D eigenvalue weighted by Gasteiger charge is -2.21. The maximum Gasteiger partial charge on any atom is 0.0364 e. The van der Waals surface area contributed by atoms with Crippen molar-refractivity contribution in [3.05, 3.63) is 65.0 Å². The maximum absolute atomic E-state index is 4.21. The van der Waals surface area contributed by atoms with Gasteiger partial charge in [-0.25, -0.2) is 0 Å². The summed E-state index contributed by atoms with van der Waals surface area (Å²) in [6, 6.07) is 11.5. The second-order valence-electron chi connectivity index (χ2n) is 5.61. The fourth-order valence-electron chi connectivity index (χ4n) is 2.63. The number of rotatable bonds is 7. The molecule has 1 atom stereocenters. The third-order valence-corrected chi connectivity index (χ3v) is 3.95.